The molecule has 1 amide bonds. The molecule has 3 heteroatoms. The van der Waals surface area contributed by atoms with Crippen LogP contribution in [-0.4, -0.2) is 29.9 Å². The van der Waals surface area contributed by atoms with Crippen molar-refractivity contribution in [2.24, 2.45) is 11.7 Å². The third-order valence-electron chi connectivity index (χ3n) is 2.35. The molecule has 0 radical (unpaired) electrons. The number of nitrogens with zero attached hydrogens (tertiary/aromatic N) is 1. The van der Waals surface area contributed by atoms with Crippen LogP contribution in [0.25, 0.3) is 0 Å². The normalized spacial score (nSPS) is 18.6. The van der Waals surface area contributed by atoms with Crippen LogP contribution in [-0.2, 0) is 4.79 Å². The molecule has 0 bridgehead atoms. The summed E-state index contributed by atoms with van der Waals surface area (Å²) in [7, 11) is 0. The van der Waals surface area contributed by atoms with E-state index in [1.165, 1.54) is 0 Å². The summed E-state index contributed by atoms with van der Waals surface area (Å²) in [5.41, 5.74) is 5.74. The number of carbonyl (C=O) groups excluding carboxylic acids is 1. The Balaban J connectivity index is 0.00000144. The minimum atomic E-state index is 0. The van der Waals surface area contributed by atoms with Gasteiger partial charge in [-0.3, -0.25) is 4.79 Å². The highest BCUT2D eigenvalue weighted by molar-refractivity contribution is 5.78. The van der Waals surface area contributed by atoms with Crippen molar-refractivity contribution < 1.29 is 4.79 Å². The molecule has 0 aromatic rings. The number of nitrogens with two attached hydrogens (primary N) is 1. The van der Waals surface area contributed by atoms with Crippen LogP contribution >= 0.6 is 0 Å². The van der Waals surface area contributed by atoms with E-state index in [0.717, 1.165) is 25.9 Å². The second-order valence-electron chi connectivity index (χ2n) is 3.82. The Morgan fingerprint density at radius 3 is 2.23 bits per heavy atom. The molecule has 0 unspecified atom stereocenters. The molecule has 0 aromatic heterocycles. The van der Waals surface area contributed by atoms with Gasteiger partial charge in [0.1, 0.15) is 0 Å². The summed E-state index contributed by atoms with van der Waals surface area (Å²) in [6.45, 7) is 5.57. The van der Waals surface area contributed by atoms with Crippen molar-refractivity contribution in [1.82, 2.24) is 4.90 Å². The molecule has 0 saturated carbocycles. The first-order chi connectivity index (χ1) is 5.61. The smallest absolute Gasteiger partial charge is 0.225 e. The van der Waals surface area contributed by atoms with Gasteiger partial charge in [-0.1, -0.05) is 21.3 Å². The van der Waals surface area contributed by atoms with Gasteiger partial charge >= 0.3 is 0 Å². The summed E-state index contributed by atoms with van der Waals surface area (Å²) in [6, 6.07) is 0.307. The summed E-state index contributed by atoms with van der Waals surface area (Å²) < 4.78 is 0. The Morgan fingerprint density at radius 1 is 1.38 bits per heavy atom. The van der Waals surface area contributed by atoms with Gasteiger partial charge in [0.2, 0.25) is 5.91 Å². The van der Waals surface area contributed by atoms with E-state index in [0.29, 0.717) is 6.04 Å². The molecule has 1 fully saturated rings. The molecule has 0 spiro atoms. The van der Waals surface area contributed by atoms with Crippen LogP contribution in [0.15, 0.2) is 0 Å². The zero-order chi connectivity index (χ0) is 9.14. The number of hydrogen-bond acceptors (Lipinski definition) is 2. The van der Waals surface area contributed by atoms with Gasteiger partial charge in [-0.15, -0.1) is 0 Å². The summed E-state index contributed by atoms with van der Waals surface area (Å²) in [4.78, 5) is 13.4. The lowest BCUT2D eigenvalue weighted by Gasteiger charge is -2.31. The number of piperidine rings is 1. The first-order valence-electron chi connectivity index (χ1n) is 4.65. The topological polar surface area (TPSA) is 46.3 Å². The highest BCUT2D eigenvalue weighted by Gasteiger charge is 2.21. The Bertz CT molecular complexity index is 160. The quantitative estimate of drug-likeness (QED) is 0.669. The largest absolute Gasteiger partial charge is 0.342 e. The molecule has 1 saturated heterocycles. The Kier molecular flexibility index (Phi) is 4.99. The predicted molar refractivity (Wildman–Crippen MR) is 55.4 cm³/mol. The lowest BCUT2D eigenvalue weighted by atomic mass is 10.0. The van der Waals surface area contributed by atoms with Crippen LogP contribution in [0, 0.1) is 5.92 Å². The van der Waals surface area contributed by atoms with Gasteiger partial charge in [0, 0.05) is 25.0 Å². The number of rotatable bonds is 1. The Morgan fingerprint density at radius 2 is 1.85 bits per heavy atom. The minimum absolute atomic E-state index is 0. The van der Waals surface area contributed by atoms with Crippen molar-refractivity contribution in [3.8, 4) is 0 Å². The van der Waals surface area contributed by atoms with Gasteiger partial charge < -0.3 is 10.6 Å². The van der Waals surface area contributed by atoms with E-state index >= 15 is 0 Å². The van der Waals surface area contributed by atoms with E-state index in [4.69, 9.17) is 5.73 Å². The Labute approximate surface area is 81.3 Å². The monoisotopic (exact) mass is 186 g/mol. The highest BCUT2D eigenvalue weighted by atomic mass is 16.2. The van der Waals surface area contributed by atoms with Crippen LogP contribution in [0.4, 0.5) is 0 Å². The second kappa shape index (κ2) is 5.22. The molecule has 2 N–H and O–H groups in total. The van der Waals surface area contributed by atoms with Crippen molar-refractivity contribution >= 4 is 5.91 Å². The van der Waals surface area contributed by atoms with Gasteiger partial charge in [0.15, 0.2) is 0 Å². The van der Waals surface area contributed by atoms with Crippen molar-refractivity contribution in [3.05, 3.63) is 0 Å². The molecular weight excluding hydrogens is 164 g/mol. The van der Waals surface area contributed by atoms with Crippen molar-refractivity contribution in [2.45, 2.75) is 40.2 Å². The van der Waals surface area contributed by atoms with Crippen molar-refractivity contribution in [2.75, 3.05) is 13.1 Å². The maximum Gasteiger partial charge on any atom is 0.225 e. The first-order valence-corrected chi connectivity index (χ1v) is 4.65. The molecule has 1 aliphatic rings. The number of carbonyl (C=O) groups is 1. The molecule has 1 rings (SSSR count). The number of hydrogen-bond donors (Lipinski definition) is 1. The van der Waals surface area contributed by atoms with Crippen LogP contribution < -0.4 is 5.73 Å². The molecule has 0 aromatic carbocycles. The molecule has 13 heavy (non-hydrogen) atoms. The SMILES string of the molecule is C.CC(C)C(=O)N1CCC(N)CC1. The van der Waals surface area contributed by atoms with Gasteiger partial charge in [-0.05, 0) is 12.8 Å². The van der Waals surface area contributed by atoms with Gasteiger partial charge in [0.05, 0.1) is 0 Å². The fourth-order valence-electron chi connectivity index (χ4n) is 1.48. The molecule has 1 heterocycles. The standard InChI is InChI=1S/C9H18N2O.CH4/c1-7(2)9(12)11-5-3-8(10)4-6-11;/h7-8H,3-6,10H2,1-2H3;1H4. The van der Waals surface area contributed by atoms with E-state index in [-0.39, 0.29) is 19.3 Å². The van der Waals surface area contributed by atoms with E-state index in [1.807, 2.05) is 18.7 Å². The van der Waals surface area contributed by atoms with Crippen LogP contribution in [0.2, 0.25) is 0 Å². The molecular formula is C10H22N2O. The number of amides is 1. The first kappa shape index (κ1) is 12.4. The van der Waals surface area contributed by atoms with Crippen molar-refractivity contribution in [1.29, 1.82) is 0 Å². The fourth-order valence-corrected chi connectivity index (χ4v) is 1.48. The minimum Gasteiger partial charge on any atom is -0.342 e. The molecule has 0 atom stereocenters. The highest BCUT2D eigenvalue weighted by Crippen LogP contribution is 2.11. The van der Waals surface area contributed by atoms with Gasteiger partial charge in [-0.25, -0.2) is 0 Å². The maximum atomic E-state index is 11.5. The van der Waals surface area contributed by atoms with Gasteiger partial charge in [0.25, 0.3) is 0 Å². The predicted octanol–water partition coefficient (Wildman–Crippen LogP) is 1.23. The lowest BCUT2D eigenvalue weighted by Crippen LogP contribution is -2.44. The van der Waals surface area contributed by atoms with Crippen molar-refractivity contribution in [3.63, 3.8) is 0 Å². The van der Waals surface area contributed by atoms with E-state index < -0.39 is 0 Å². The third kappa shape index (κ3) is 3.35. The summed E-state index contributed by atoms with van der Waals surface area (Å²) >= 11 is 0. The van der Waals surface area contributed by atoms with Crippen LogP contribution in [0.1, 0.15) is 34.1 Å². The maximum absolute atomic E-state index is 11.5. The van der Waals surface area contributed by atoms with E-state index in [1.54, 1.807) is 0 Å². The Hall–Kier alpha value is -0.570. The van der Waals surface area contributed by atoms with E-state index in [9.17, 15) is 4.79 Å². The molecule has 78 valence electrons. The zero-order valence-corrected chi connectivity index (χ0v) is 7.92. The third-order valence-corrected chi connectivity index (χ3v) is 2.35. The number of likely N-dealkylation sites (tertiary alicyclic amines) is 1. The zero-order valence-electron chi connectivity index (χ0n) is 7.92. The molecule has 3 nitrogen and oxygen atoms in total. The molecule has 1 aliphatic heterocycles. The van der Waals surface area contributed by atoms with Gasteiger partial charge in [-0.2, -0.15) is 0 Å². The van der Waals surface area contributed by atoms with E-state index in [2.05, 4.69) is 0 Å². The van der Waals surface area contributed by atoms with Crippen LogP contribution in [0.5, 0.6) is 0 Å². The average molecular weight is 186 g/mol. The second-order valence-corrected chi connectivity index (χ2v) is 3.82. The summed E-state index contributed by atoms with van der Waals surface area (Å²) in [6.07, 6.45) is 1.91. The van der Waals surface area contributed by atoms with Crippen LogP contribution in [0.3, 0.4) is 0 Å². The lowest BCUT2D eigenvalue weighted by molar-refractivity contribution is -0.135. The molecule has 0 aliphatic carbocycles. The average Bonchev–Trinajstić information content (AvgIpc) is 2.04. The summed E-state index contributed by atoms with van der Waals surface area (Å²) in [5.74, 6) is 0.390. The summed E-state index contributed by atoms with van der Waals surface area (Å²) in [5, 5.41) is 0. The fraction of sp³-hybridized carbons (Fsp3) is 0.900.